The lowest BCUT2D eigenvalue weighted by Crippen LogP contribution is -2.21. The molecule has 0 saturated heterocycles. The number of hydrogen-bond donors (Lipinski definition) is 0. The van der Waals surface area contributed by atoms with Crippen LogP contribution in [-0.2, 0) is 16.0 Å². The van der Waals surface area contributed by atoms with E-state index in [0.29, 0.717) is 0 Å². The predicted octanol–water partition coefficient (Wildman–Crippen LogP) is 2.01. The van der Waals surface area contributed by atoms with Gasteiger partial charge >= 0.3 is 5.97 Å². The molecule has 2 heteroatoms. The van der Waals surface area contributed by atoms with Crippen molar-refractivity contribution in [1.82, 2.24) is 0 Å². The van der Waals surface area contributed by atoms with E-state index in [1.165, 1.54) is 11.6 Å². The average molecular weight is 174 g/mol. The monoisotopic (exact) mass is 174 g/mol. The molecule has 0 aliphatic heterocycles. The average Bonchev–Trinajstić information content (AvgIpc) is 2.14. The Bertz CT molecular complexity index is 355. The van der Waals surface area contributed by atoms with Crippen LogP contribution in [-0.4, -0.2) is 5.97 Å². The summed E-state index contributed by atoms with van der Waals surface area (Å²) in [6.45, 7) is 3.35. The molecule has 66 valence electrons. The molecule has 0 bridgehead atoms. The van der Waals surface area contributed by atoms with Crippen molar-refractivity contribution >= 4 is 5.97 Å². The first kappa shape index (κ1) is 8.05. The van der Waals surface area contributed by atoms with Crippen molar-refractivity contribution in [2.75, 3.05) is 0 Å². The van der Waals surface area contributed by atoms with Gasteiger partial charge in [-0.25, -0.2) is 4.79 Å². The van der Waals surface area contributed by atoms with Crippen LogP contribution in [0.15, 0.2) is 36.9 Å². The Balaban J connectivity index is 2.09. The second-order valence-corrected chi connectivity index (χ2v) is 3.03. The lowest BCUT2D eigenvalue weighted by Gasteiger charge is -2.28. The van der Waals surface area contributed by atoms with Crippen molar-refractivity contribution in [2.45, 2.75) is 12.5 Å². The molecule has 1 atom stereocenters. The molecule has 13 heavy (non-hydrogen) atoms. The molecule has 2 nitrogen and oxygen atoms in total. The van der Waals surface area contributed by atoms with Crippen LogP contribution < -0.4 is 0 Å². The Kier molecular flexibility index (Phi) is 1.89. The maximum atomic E-state index is 10.9. The van der Waals surface area contributed by atoms with Crippen LogP contribution in [0.2, 0.25) is 0 Å². The predicted molar refractivity (Wildman–Crippen MR) is 49.2 cm³/mol. The fraction of sp³-hybridized carbons (Fsp3) is 0.182. The van der Waals surface area contributed by atoms with E-state index < -0.39 is 0 Å². The molecule has 2 rings (SSSR count). The molecule has 0 heterocycles. The van der Waals surface area contributed by atoms with E-state index in [9.17, 15) is 4.79 Å². The van der Waals surface area contributed by atoms with Crippen molar-refractivity contribution in [1.29, 1.82) is 0 Å². The van der Waals surface area contributed by atoms with E-state index in [1.54, 1.807) is 0 Å². The Morgan fingerprint density at radius 1 is 1.54 bits per heavy atom. The van der Waals surface area contributed by atoms with Crippen molar-refractivity contribution < 1.29 is 9.53 Å². The zero-order valence-electron chi connectivity index (χ0n) is 7.19. The Morgan fingerprint density at radius 3 is 3.00 bits per heavy atom. The third-order valence-corrected chi connectivity index (χ3v) is 2.23. The normalized spacial score (nSPS) is 18.3. The van der Waals surface area contributed by atoms with Crippen LogP contribution in [0.5, 0.6) is 0 Å². The number of rotatable bonds is 2. The van der Waals surface area contributed by atoms with E-state index in [-0.39, 0.29) is 12.1 Å². The van der Waals surface area contributed by atoms with Crippen molar-refractivity contribution in [2.24, 2.45) is 0 Å². The van der Waals surface area contributed by atoms with Gasteiger partial charge in [-0.3, -0.25) is 0 Å². The molecule has 1 aliphatic rings. The summed E-state index contributed by atoms with van der Waals surface area (Å²) in [5.41, 5.74) is 2.39. The molecule has 0 spiro atoms. The molecule has 0 aromatic heterocycles. The van der Waals surface area contributed by atoms with Gasteiger partial charge in [-0.1, -0.05) is 30.8 Å². The van der Waals surface area contributed by atoms with Gasteiger partial charge in [-0.15, -0.1) is 0 Å². The molecular weight excluding hydrogens is 164 g/mol. The lowest BCUT2D eigenvalue weighted by atomic mass is 9.85. The van der Waals surface area contributed by atoms with Crippen molar-refractivity contribution in [3.05, 3.63) is 48.0 Å². The number of ether oxygens (including phenoxy) is 1. The zero-order chi connectivity index (χ0) is 9.26. The summed E-state index contributed by atoms with van der Waals surface area (Å²) in [6, 6.07) is 7.98. The fourth-order valence-electron chi connectivity index (χ4n) is 1.51. The Hall–Kier alpha value is -1.57. The molecule has 0 saturated carbocycles. The van der Waals surface area contributed by atoms with Crippen LogP contribution in [0, 0.1) is 0 Å². The van der Waals surface area contributed by atoms with Crippen LogP contribution in [0.3, 0.4) is 0 Å². The number of carbonyl (C=O) groups excluding carboxylic acids is 1. The van der Waals surface area contributed by atoms with Gasteiger partial charge in [0.15, 0.2) is 0 Å². The maximum absolute atomic E-state index is 10.9. The second-order valence-electron chi connectivity index (χ2n) is 3.03. The summed E-state index contributed by atoms with van der Waals surface area (Å²) in [5.74, 6) is -0.348. The molecule has 0 fully saturated rings. The quantitative estimate of drug-likeness (QED) is 0.506. The van der Waals surface area contributed by atoms with E-state index in [4.69, 9.17) is 4.74 Å². The first-order chi connectivity index (χ1) is 6.31. The van der Waals surface area contributed by atoms with Crippen molar-refractivity contribution in [3.8, 4) is 0 Å². The highest BCUT2D eigenvalue weighted by Gasteiger charge is 2.27. The Morgan fingerprint density at radius 2 is 2.31 bits per heavy atom. The molecule has 1 unspecified atom stereocenters. The number of benzene rings is 1. The van der Waals surface area contributed by atoms with Gasteiger partial charge in [0.25, 0.3) is 0 Å². The first-order valence-electron chi connectivity index (χ1n) is 4.22. The Labute approximate surface area is 76.8 Å². The number of esters is 1. The lowest BCUT2D eigenvalue weighted by molar-refractivity contribution is -0.144. The van der Waals surface area contributed by atoms with Gasteiger partial charge in [0.1, 0.15) is 6.10 Å². The third-order valence-electron chi connectivity index (χ3n) is 2.23. The van der Waals surface area contributed by atoms with Gasteiger partial charge in [-0.05, 0) is 11.1 Å². The summed E-state index contributed by atoms with van der Waals surface area (Å²) in [7, 11) is 0. The van der Waals surface area contributed by atoms with Gasteiger partial charge < -0.3 is 4.74 Å². The van der Waals surface area contributed by atoms with E-state index in [0.717, 1.165) is 12.0 Å². The van der Waals surface area contributed by atoms with E-state index >= 15 is 0 Å². The minimum atomic E-state index is -0.348. The van der Waals surface area contributed by atoms with Gasteiger partial charge in [-0.2, -0.15) is 0 Å². The molecule has 0 amide bonds. The highest BCUT2D eigenvalue weighted by Crippen LogP contribution is 2.35. The maximum Gasteiger partial charge on any atom is 0.330 e. The molecule has 1 aliphatic carbocycles. The highest BCUT2D eigenvalue weighted by atomic mass is 16.5. The largest absolute Gasteiger partial charge is 0.454 e. The van der Waals surface area contributed by atoms with Crippen LogP contribution >= 0.6 is 0 Å². The molecule has 1 aromatic rings. The molecule has 0 N–H and O–H groups in total. The molecule has 1 aromatic carbocycles. The summed E-state index contributed by atoms with van der Waals surface area (Å²) < 4.78 is 5.10. The van der Waals surface area contributed by atoms with Gasteiger partial charge in [0, 0.05) is 12.5 Å². The van der Waals surface area contributed by atoms with E-state index in [1.807, 2.05) is 24.3 Å². The van der Waals surface area contributed by atoms with Crippen LogP contribution in [0.1, 0.15) is 17.2 Å². The summed E-state index contributed by atoms with van der Waals surface area (Å²) >= 11 is 0. The van der Waals surface area contributed by atoms with Gasteiger partial charge in [0.05, 0.1) is 0 Å². The summed E-state index contributed by atoms with van der Waals surface area (Å²) in [6.07, 6.45) is 1.97. The summed E-state index contributed by atoms with van der Waals surface area (Å²) in [4.78, 5) is 10.9. The summed E-state index contributed by atoms with van der Waals surface area (Å²) in [5, 5.41) is 0. The number of carbonyl (C=O) groups is 1. The highest BCUT2D eigenvalue weighted by molar-refractivity contribution is 5.81. The fourth-order valence-corrected chi connectivity index (χ4v) is 1.51. The first-order valence-corrected chi connectivity index (χ1v) is 4.22. The number of hydrogen-bond acceptors (Lipinski definition) is 2. The minimum absolute atomic E-state index is 0.0540. The van der Waals surface area contributed by atoms with Crippen LogP contribution in [0.25, 0.3) is 0 Å². The molecular formula is C11H10O2. The number of fused-ring (bicyclic) bond motifs is 1. The standard InChI is InChI=1S/C11H10O2/c1-2-11(12)13-10-7-8-5-3-4-6-9(8)10/h2-6,10H,1,7H2. The minimum Gasteiger partial charge on any atom is -0.454 e. The topological polar surface area (TPSA) is 26.3 Å². The SMILES string of the molecule is C=CC(=O)OC1Cc2ccccc21. The van der Waals surface area contributed by atoms with Crippen LogP contribution in [0.4, 0.5) is 0 Å². The molecule has 0 radical (unpaired) electrons. The zero-order valence-corrected chi connectivity index (χ0v) is 7.19. The second kappa shape index (κ2) is 3.05. The third kappa shape index (κ3) is 1.35. The van der Waals surface area contributed by atoms with E-state index in [2.05, 4.69) is 6.58 Å². The van der Waals surface area contributed by atoms with Gasteiger partial charge in [0.2, 0.25) is 0 Å². The smallest absolute Gasteiger partial charge is 0.330 e. The van der Waals surface area contributed by atoms with Crippen molar-refractivity contribution in [3.63, 3.8) is 0 Å².